The Bertz CT molecular complexity index is 555. The summed E-state index contributed by atoms with van der Waals surface area (Å²) in [5.41, 5.74) is 1.96. The van der Waals surface area contributed by atoms with Gasteiger partial charge in [0.05, 0.1) is 11.1 Å². The smallest absolute Gasteiger partial charge is 0.205 e. The van der Waals surface area contributed by atoms with E-state index in [2.05, 4.69) is 0 Å². The maximum Gasteiger partial charge on any atom is 0.205 e. The molecule has 0 N–H and O–H groups in total. The molecular weight excluding hydrogens is 205 g/mol. The van der Waals surface area contributed by atoms with Gasteiger partial charge in [-0.3, -0.25) is 4.79 Å². The monoisotopic (exact) mass is 219 g/mol. The molecule has 1 aromatic heterocycles. The Morgan fingerprint density at radius 2 is 2.06 bits per heavy atom. The number of benzene rings is 1. The summed E-state index contributed by atoms with van der Waals surface area (Å²) in [5, 5.41) is 0.696. The Labute approximate surface area is 93.7 Å². The van der Waals surface area contributed by atoms with Crippen LogP contribution in [0.2, 0.25) is 0 Å². The molecule has 1 heterocycles. The number of carbonyl (C=O) groups excluding carboxylic acids is 1. The minimum absolute atomic E-state index is 0.00250. The molecule has 0 amide bonds. The molecule has 0 spiro atoms. The van der Waals surface area contributed by atoms with Gasteiger partial charge in [-0.25, -0.2) is 0 Å². The number of rotatable bonds is 2. The van der Waals surface area contributed by atoms with Gasteiger partial charge in [0.2, 0.25) is 5.95 Å². The highest BCUT2D eigenvalue weighted by Gasteiger charge is 2.19. The van der Waals surface area contributed by atoms with Gasteiger partial charge in [0.25, 0.3) is 0 Å². The number of aldehydes is 1. The predicted molar refractivity (Wildman–Crippen MR) is 62.4 cm³/mol. The summed E-state index contributed by atoms with van der Waals surface area (Å²) in [4.78, 5) is 10.9. The average Bonchev–Trinajstić information content (AvgIpc) is 2.51. The average molecular weight is 219 g/mol. The first-order valence-electron chi connectivity index (χ1n) is 5.32. The number of halogens is 1. The van der Waals surface area contributed by atoms with E-state index in [-0.39, 0.29) is 11.6 Å². The lowest BCUT2D eigenvalue weighted by Crippen LogP contribution is -2.04. The Morgan fingerprint density at radius 1 is 1.38 bits per heavy atom. The Balaban J connectivity index is 2.98. The maximum atomic E-state index is 14.1. The molecule has 0 aliphatic rings. The van der Waals surface area contributed by atoms with Gasteiger partial charge in [-0.15, -0.1) is 0 Å². The molecule has 0 saturated heterocycles. The van der Waals surface area contributed by atoms with Crippen LogP contribution in [0.15, 0.2) is 18.2 Å². The quantitative estimate of drug-likeness (QED) is 0.709. The molecule has 3 heteroatoms. The highest BCUT2D eigenvalue weighted by Crippen LogP contribution is 2.29. The Kier molecular flexibility index (Phi) is 2.54. The normalized spacial score (nSPS) is 11.3. The van der Waals surface area contributed by atoms with Crippen LogP contribution in [0.25, 0.3) is 10.9 Å². The fraction of sp³-hybridized carbons (Fsp3) is 0.308. The third-order valence-corrected chi connectivity index (χ3v) is 2.84. The van der Waals surface area contributed by atoms with Gasteiger partial charge >= 0.3 is 0 Å². The van der Waals surface area contributed by atoms with E-state index in [4.69, 9.17) is 0 Å². The van der Waals surface area contributed by atoms with E-state index in [1.54, 1.807) is 10.6 Å². The van der Waals surface area contributed by atoms with E-state index < -0.39 is 5.95 Å². The van der Waals surface area contributed by atoms with Crippen molar-refractivity contribution < 1.29 is 9.18 Å². The summed E-state index contributed by atoms with van der Waals surface area (Å²) < 4.78 is 15.6. The maximum absolute atomic E-state index is 14.1. The predicted octanol–water partition coefficient (Wildman–Crippen LogP) is 3.48. The number of hydrogen-bond acceptors (Lipinski definition) is 1. The van der Waals surface area contributed by atoms with Crippen LogP contribution in [0.5, 0.6) is 0 Å². The number of carbonyl (C=O) groups is 1. The molecule has 0 radical (unpaired) electrons. The first kappa shape index (κ1) is 10.9. The molecule has 0 aliphatic heterocycles. The second-order valence-electron chi connectivity index (χ2n) is 4.26. The molecule has 84 valence electrons. The highest BCUT2D eigenvalue weighted by atomic mass is 19.1. The second kappa shape index (κ2) is 3.74. The number of aryl methyl sites for hydroxylation is 1. The number of hydrogen-bond donors (Lipinski definition) is 0. The molecule has 0 fully saturated rings. The van der Waals surface area contributed by atoms with E-state index in [9.17, 15) is 9.18 Å². The number of aromatic nitrogens is 1. The number of fused-ring (bicyclic) bond motifs is 1. The molecule has 0 atom stereocenters. The van der Waals surface area contributed by atoms with Crippen LogP contribution < -0.4 is 0 Å². The molecule has 2 rings (SSSR count). The Hall–Kier alpha value is -1.64. The van der Waals surface area contributed by atoms with Crippen LogP contribution in [-0.2, 0) is 0 Å². The summed E-state index contributed by atoms with van der Waals surface area (Å²) in [5.74, 6) is -0.436. The van der Waals surface area contributed by atoms with Crippen molar-refractivity contribution in [3.8, 4) is 0 Å². The van der Waals surface area contributed by atoms with E-state index in [0.717, 1.165) is 11.1 Å². The lowest BCUT2D eigenvalue weighted by molar-refractivity contribution is 0.112. The van der Waals surface area contributed by atoms with Crippen LogP contribution in [0, 0.1) is 12.9 Å². The molecular formula is C13H14FNO. The van der Waals surface area contributed by atoms with Crippen molar-refractivity contribution in [1.82, 2.24) is 4.57 Å². The van der Waals surface area contributed by atoms with Crippen molar-refractivity contribution in [2.45, 2.75) is 26.8 Å². The van der Waals surface area contributed by atoms with Gasteiger partial charge in [0.15, 0.2) is 6.29 Å². The molecule has 2 aromatic rings. The van der Waals surface area contributed by atoms with Gasteiger partial charge in [-0.1, -0.05) is 18.2 Å². The van der Waals surface area contributed by atoms with Crippen LogP contribution in [0.4, 0.5) is 4.39 Å². The van der Waals surface area contributed by atoms with E-state index in [1.807, 2.05) is 32.9 Å². The van der Waals surface area contributed by atoms with Crippen LogP contribution in [0.3, 0.4) is 0 Å². The summed E-state index contributed by atoms with van der Waals surface area (Å²) in [6.07, 6.45) is 0.593. The third kappa shape index (κ3) is 1.35. The van der Waals surface area contributed by atoms with Crippen molar-refractivity contribution in [1.29, 1.82) is 0 Å². The number of para-hydroxylation sites is 1. The van der Waals surface area contributed by atoms with Gasteiger partial charge < -0.3 is 4.57 Å². The lowest BCUT2D eigenvalue weighted by atomic mass is 10.1. The summed E-state index contributed by atoms with van der Waals surface area (Å²) in [7, 11) is 0. The van der Waals surface area contributed by atoms with Crippen LogP contribution in [0.1, 0.15) is 35.8 Å². The zero-order valence-electron chi connectivity index (χ0n) is 9.62. The van der Waals surface area contributed by atoms with Gasteiger partial charge in [-0.05, 0) is 26.3 Å². The standard InChI is InChI=1S/C13H14FNO/c1-8(2)15-12-9(3)5-4-6-10(12)11(7-16)13(15)14/h4-8H,1-3H3. The summed E-state index contributed by atoms with van der Waals surface area (Å²) >= 11 is 0. The van der Waals surface area contributed by atoms with Crippen LogP contribution >= 0.6 is 0 Å². The zero-order chi connectivity index (χ0) is 11.9. The highest BCUT2D eigenvalue weighted by molar-refractivity contribution is 5.99. The molecule has 0 aliphatic carbocycles. The minimum Gasteiger partial charge on any atom is -0.314 e. The van der Waals surface area contributed by atoms with E-state index in [1.165, 1.54) is 0 Å². The first-order valence-corrected chi connectivity index (χ1v) is 5.32. The van der Waals surface area contributed by atoms with Gasteiger partial charge in [-0.2, -0.15) is 4.39 Å². The molecule has 2 nitrogen and oxygen atoms in total. The van der Waals surface area contributed by atoms with Crippen molar-refractivity contribution in [3.63, 3.8) is 0 Å². The molecule has 0 saturated carbocycles. The minimum atomic E-state index is -0.436. The van der Waals surface area contributed by atoms with Crippen molar-refractivity contribution >= 4 is 17.2 Å². The first-order chi connectivity index (χ1) is 7.57. The number of nitrogens with zero attached hydrogens (tertiary/aromatic N) is 1. The van der Waals surface area contributed by atoms with Crippen molar-refractivity contribution in [3.05, 3.63) is 35.3 Å². The summed E-state index contributed by atoms with van der Waals surface area (Å²) in [6.45, 7) is 5.74. The second-order valence-corrected chi connectivity index (χ2v) is 4.26. The SMILES string of the molecule is Cc1cccc2c(C=O)c(F)n(C(C)C)c12. The van der Waals surface area contributed by atoms with Gasteiger partial charge in [0.1, 0.15) is 0 Å². The fourth-order valence-electron chi connectivity index (χ4n) is 2.13. The topological polar surface area (TPSA) is 22.0 Å². The summed E-state index contributed by atoms with van der Waals surface area (Å²) in [6, 6.07) is 5.55. The molecule has 0 bridgehead atoms. The van der Waals surface area contributed by atoms with Crippen molar-refractivity contribution in [2.75, 3.05) is 0 Å². The van der Waals surface area contributed by atoms with E-state index >= 15 is 0 Å². The van der Waals surface area contributed by atoms with Crippen LogP contribution in [-0.4, -0.2) is 10.9 Å². The third-order valence-electron chi connectivity index (χ3n) is 2.84. The molecule has 16 heavy (non-hydrogen) atoms. The molecule has 0 unspecified atom stereocenters. The molecule has 1 aromatic carbocycles. The lowest BCUT2D eigenvalue weighted by Gasteiger charge is -2.11. The van der Waals surface area contributed by atoms with Gasteiger partial charge in [0, 0.05) is 11.4 Å². The Morgan fingerprint density at radius 3 is 2.62 bits per heavy atom. The zero-order valence-corrected chi connectivity index (χ0v) is 9.62. The fourth-order valence-corrected chi connectivity index (χ4v) is 2.13. The van der Waals surface area contributed by atoms with Crippen molar-refractivity contribution in [2.24, 2.45) is 0 Å². The van der Waals surface area contributed by atoms with E-state index in [0.29, 0.717) is 11.7 Å². The largest absolute Gasteiger partial charge is 0.314 e.